The second kappa shape index (κ2) is 24.8. The molecule has 3 unspecified atom stereocenters. The first kappa shape index (κ1) is 68.4. The van der Waals surface area contributed by atoms with Crippen molar-refractivity contribution < 1.29 is 133 Å². The molecule has 4 saturated heterocycles. The summed E-state index contributed by atoms with van der Waals surface area (Å²) in [6.45, 7) is 17.4. The van der Waals surface area contributed by atoms with Crippen LogP contribution in [-0.2, 0) is 61.8 Å². The lowest BCUT2D eigenvalue weighted by Gasteiger charge is -2.73. The highest BCUT2D eigenvalue weighted by molar-refractivity contribution is 5.87. The van der Waals surface area contributed by atoms with Gasteiger partial charge in [-0.05, 0) is 93.3 Å². The molecule has 0 radical (unpaired) electrons. The molecule has 0 amide bonds. The fraction of sp³-hybridized carbons (Fsp3) is 0.883. The Morgan fingerprint density at radius 2 is 1.20 bits per heavy atom. The fourth-order valence-corrected chi connectivity index (χ4v) is 17.5. The average Bonchev–Trinajstić information content (AvgIpc) is 0.896. The molecule has 8 fully saturated rings. The van der Waals surface area contributed by atoms with Gasteiger partial charge < -0.3 is 119 Å². The molecular formula is C60H94O27. The van der Waals surface area contributed by atoms with E-state index in [2.05, 4.69) is 19.9 Å². The molecule has 4 heterocycles. The summed E-state index contributed by atoms with van der Waals surface area (Å²) in [5.74, 6) is -4.30. The first-order valence-electron chi connectivity index (χ1n) is 30.4. The third kappa shape index (κ3) is 11.0. The lowest BCUT2D eigenvalue weighted by Crippen LogP contribution is -2.77. The van der Waals surface area contributed by atoms with Gasteiger partial charge in [0.15, 0.2) is 37.4 Å². The number of carbonyl (C=O) groups is 3. The van der Waals surface area contributed by atoms with Gasteiger partial charge in [-0.25, -0.2) is 9.59 Å². The number of esters is 2. The smallest absolute Gasteiger partial charge is 0.335 e. The van der Waals surface area contributed by atoms with Crippen LogP contribution in [0.15, 0.2) is 23.3 Å². The summed E-state index contributed by atoms with van der Waals surface area (Å²) in [5.41, 5.74) is -5.20. The average molecular weight is 1250 g/mol. The van der Waals surface area contributed by atoms with Crippen molar-refractivity contribution in [2.45, 2.75) is 262 Å². The van der Waals surface area contributed by atoms with Gasteiger partial charge in [-0.2, -0.15) is 0 Å². The number of rotatable bonds is 15. The van der Waals surface area contributed by atoms with E-state index in [1.165, 1.54) is 26.8 Å². The van der Waals surface area contributed by atoms with E-state index in [4.69, 9.17) is 47.4 Å². The molecule has 9 rings (SSSR count). The van der Waals surface area contributed by atoms with E-state index in [0.29, 0.717) is 25.7 Å². The highest BCUT2D eigenvalue weighted by atomic mass is 16.8. The molecule has 4 aliphatic heterocycles. The van der Waals surface area contributed by atoms with E-state index >= 15 is 0 Å². The van der Waals surface area contributed by atoms with Crippen LogP contribution >= 0.6 is 0 Å². The van der Waals surface area contributed by atoms with Crippen molar-refractivity contribution >= 4 is 17.9 Å². The van der Waals surface area contributed by atoms with Crippen LogP contribution in [-0.4, -0.2) is 256 Å². The number of hydrogen-bond donors (Lipinski definition) is 14. The maximum atomic E-state index is 13.2. The SMILES string of the molecule is C/C=C(/C)C(=O)O[C@@H]1[C@@H](O)[C@H](O)[C@@H](O[C@@H]2[C@H](OC(C)=O)C(C)(C)CC3C4=CCC5[C@@]6(C)CC[C@H](O[C@H]7O[C@H](C(=O)O)[C@@H](O)[C@H](O[C@H]8O[C@H](CO)[C@@H](O)[C@@H]8O)[C@H]7O[C@@H]7O[C@H](CO)[C@H](O)[C@H](O)[C@H]7O)C(C)(C)C6CC[C@@]5(C)[C@]4(C)[C@H](O)[C@H](O)[C@]32CO)O[C@H]1C. The lowest BCUT2D eigenvalue weighted by atomic mass is 9.32. The van der Waals surface area contributed by atoms with E-state index in [-0.39, 0.29) is 30.3 Å². The predicted molar refractivity (Wildman–Crippen MR) is 294 cm³/mol. The van der Waals surface area contributed by atoms with Gasteiger partial charge in [-0.3, -0.25) is 4.79 Å². The summed E-state index contributed by atoms with van der Waals surface area (Å²) < 4.78 is 61.0. The highest BCUT2D eigenvalue weighted by Crippen LogP contribution is 2.76. The Morgan fingerprint density at radius 1 is 0.621 bits per heavy atom. The second-order valence-corrected chi connectivity index (χ2v) is 28.0. The summed E-state index contributed by atoms with van der Waals surface area (Å²) in [6.07, 6.45) is -34.3. The highest BCUT2D eigenvalue weighted by Gasteiger charge is 2.76. The van der Waals surface area contributed by atoms with Crippen molar-refractivity contribution in [3.8, 4) is 0 Å². The number of ether oxygens (including phenoxy) is 10. The van der Waals surface area contributed by atoms with Crippen LogP contribution in [0.1, 0.15) is 115 Å². The number of carboxylic acid groups (broad SMARTS) is 1. The van der Waals surface area contributed by atoms with E-state index < -0.39 is 223 Å². The summed E-state index contributed by atoms with van der Waals surface area (Å²) in [6, 6.07) is 0. The predicted octanol–water partition coefficient (Wildman–Crippen LogP) is -1.83. The Hall–Kier alpha value is -2.95. The van der Waals surface area contributed by atoms with Gasteiger partial charge in [0, 0.05) is 23.3 Å². The maximum absolute atomic E-state index is 13.2. The Balaban J connectivity index is 1.03. The molecule has 4 saturated carbocycles. The first-order valence-corrected chi connectivity index (χ1v) is 30.4. The maximum Gasteiger partial charge on any atom is 0.335 e. The van der Waals surface area contributed by atoms with Crippen molar-refractivity contribution in [1.29, 1.82) is 0 Å². The summed E-state index contributed by atoms with van der Waals surface area (Å²) in [4.78, 5) is 38.8. The number of aliphatic hydroxyl groups excluding tert-OH is 13. The molecule has 0 aromatic heterocycles. The van der Waals surface area contributed by atoms with Gasteiger partial charge in [0.2, 0.25) is 0 Å². The van der Waals surface area contributed by atoms with Crippen LogP contribution in [0.3, 0.4) is 0 Å². The zero-order chi connectivity index (χ0) is 64.3. The number of hydrogen-bond acceptors (Lipinski definition) is 26. The molecule has 0 bridgehead atoms. The number of aliphatic carboxylic acids is 1. The van der Waals surface area contributed by atoms with Crippen molar-refractivity contribution in [2.24, 2.45) is 50.2 Å². The summed E-state index contributed by atoms with van der Waals surface area (Å²) in [5, 5.41) is 158. The van der Waals surface area contributed by atoms with Crippen LogP contribution in [0.25, 0.3) is 0 Å². The van der Waals surface area contributed by atoms with E-state index in [1.807, 2.05) is 34.6 Å². The van der Waals surface area contributed by atoms with E-state index in [9.17, 15) is 85.9 Å². The van der Waals surface area contributed by atoms with Crippen LogP contribution < -0.4 is 0 Å². The molecule has 9 aliphatic rings. The van der Waals surface area contributed by atoms with Gasteiger partial charge in [-0.15, -0.1) is 0 Å². The van der Waals surface area contributed by atoms with Gasteiger partial charge in [0.1, 0.15) is 85.5 Å². The van der Waals surface area contributed by atoms with Crippen molar-refractivity contribution in [3.05, 3.63) is 23.3 Å². The van der Waals surface area contributed by atoms with Crippen molar-refractivity contribution in [2.75, 3.05) is 19.8 Å². The standard InChI is InChI=1S/C60H94O27/c1-12-23(2)50(77)83-41-24(3)78-51(39(71)36(41)68)87-48-47(79-25(4)64)55(5,6)19-27-26-13-14-31-57(9)17-16-32(56(7,8)30(57)15-18-58(31,10)59(26,11)45(73)46(74)60(27,48)22-63)82-54-44(86-53-38(70)35(67)33(65)28(20-61)80-53)42(40(72)43(85-54)49(75)76)84-52-37(69)34(66)29(21-62)81-52/h12-13,24,27-48,51-54,61-63,65-74H,14-22H2,1-11H3,(H,75,76)/b23-12-/t24-,27?,28+,29+,30?,31?,32-,33-,34+,35-,36-,37-,38+,39-,40-,41-,42-,43-,44+,45+,46-,47-,48+,51+,52+,53-,54-,57-,58+,59-,60-/m0/s1. The van der Waals surface area contributed by atoms with Gasteiger partial charge in [-0.1, -0.05) is 66.2 Å². The summed E-state index contributed by atoms with van der Waals surface area (Å²) in [7, 11) is 0. The zero-order valence-electron chi connectivity index (χ0n) is 51.2. The number of carboxylic acids is 1. The first-order chi connectivity index (χ1) is 40.6. The van der Waals surface area contributed by atoms with Gasteiger partial charge in [0.05, 0.1) is 49.7 Å². The zero-order valence-corrected chi connectivity index (χ0v) is 51.2. The molecular weight excluding hydrogens is 1150 g/mol. The molecule has 27 nitrogen and oxygen atoms in total. The fourth-order valence-electron chi connectivity index (χ4n) is 17.5. The molecule has 0 spiro atoms. The minimum Gasteiger partial charge on any atom is -0.479 e. The molecule has 31 atom stereocenters. The Labute approximate surface area is 505 Å². The number of aliphatic hydroxyl groups is 13. The number of carbonyl (C=O) groups excluding carboxylic acids is 2. The molecule has 14 N–H and O–H groups in total. The molecule has 0 aromatic rings. The van der Waals surface area contributed by atoms with Crippen molar-refractivity contribution in [3.63, 3.8) is 0 Å². The third-order valence-corrected chi connectivity index (χ3v) is 22.7. The second-order valence-electron chi connectivity index (χ2n) is 28.0. The Kier molecular flexibility index (Phi) is 19.5. The third-order valence-electron chi connectivity index (χ3n) is 22.7. The molecule has 87 heavy (non-hydrogen) atoms. The topological polar surface area (TPSA) is 427 Å². The van der Waals surface area contributed by atoms with E-state index in [1.54, 1.807) is 6.92 Å². The number of fused-ring (bicyclic) bond motifs is 7. The monoisotopic (exact) mass is 1250 g/mol. The van der Waals surface area contributed by atoms with Crippen LogP contribution in [0.4, 0.5) is 0 Å². The molecule has 27 heteroatoms. The quantitative estimate of drug-likeness (QED) is 0.0371. The molecule has 0 aromatic carbocycles. The van der Waals surface area contributed by atoms with E-state index in [0.717, 1.165) is 5.57 Å². The molecule has 496 valence electrons. The molecule has 5 aliphatic carbocycles. The normalized spacial score (nSPS) is 51.2. The largest absolute Gasteiger partial charge is 0.479 e. The lowest BCUT2D eigenvalue weighted by molar-refractivity contribution is -0.386. The Bertz CT molecular complexity index is 2560. The minimum atomic E-state index is -2.15. The van der Waals surface area contributed by atoms with Gasteiger partial charge >= 0.3 is 17.9 Å². The summed E-state index contributed by atoms with van der Waals surface area (Å²) >= 11 is 0. The number of allylic oxidation sites excluding steroid dienone is 2. The Morgan fingerprint density at radius 3 is 1.77 bits per heavy atom. The van der Waals surface area contributed by atoms with Crippen LogP contribution in [0.5, 0.6) is 0 Å². The minimum absolute atomic E-state index is 0.200. The van der Waals surface area contributed by atoms with Gasteiger partial charge in [0.25, 0.3) is 0 Å². The van der Waals surface area contributed by atoms with Crippen LogP contribution in [0.2, 0.25) is 0 Å². The van der Waals surface area contributed by atoms with Crippen LogP contribution in [0, 0.1) is 50.2 Å². The van der Waals surface area contributed by atoms with Crippen molar-refractivity contribution in [1.82, 2.24) is 0 Å².